The number of hydrogen-bond acceptors (Lipinski definition) is 6. The standard InChI is InChI=1S/C26H31O6PS/c1-25(2,3)20-12-16-23(17-13-20)34(28,29)24-18-14-22(15-19-24)31-33(27,32-26(4,5)6)30-21-10-8-7-9-11-21/h7-19H,1-6H3. The molecule has 0 fully saturated rings. The first-order valence-corrected chi connectivity index (χ1v) is 13.8. The summed E-state index contributed by atoms with van der Waals surface area (Å²) in [5.74, 6) is 0.485. The van der Waals surface area contributed by atoms with Gasteiger partial charge in [-0.05, 0) is 80.3 Å². The molecule has 0 amide bonds. The molecule has 8 heteroatoms. The Bertz CT molecular complexity index is 1250. The minimum absolute atomic E-state index is 0.0772. The molecule has 34 heavy (non-hydrogen) atoms. The highest BCUT2D eigenvalue weighted by Crippen LogP contribution is 2.52. The normalized spacial score (nSPS) is 14.3. The molecule has 0 saturated carbocycles. The van der Waals surface area contributed by atoms with E-state index < -0.39 is 23.3 Å². The predicted octanol–water partition coefficient (Wildman–Crippen LogP) is 7.20. The van der Waals surface area contributed by atoms with E-state index >= 15 is 0 Å². The summed E-state index contributed by atoms with van der Waals surface area (Å²) < 4.78 is 56.4. The van der Waals surface area contributed by atoms with Crippen molar-refractivity contribution in [2.24, 2.45) is 0 Å². The third-order valence-electron chi connectivity index (χ3n) is 4.73. The van der Waals surface area contributed by atoms with Crippen LogP contribution < -0.4 is 9.05 Å². The lowest BCUT2D eigenvalue weighted by Gasteiger charge is -2.26. The summed E-state index contributed by atoms with van der Waals surface area (Å²) in [6.45, 7) is 11.4. The number of sulfone groups is 1. The van der Waals surface area contributed by atoms with Gasteiger partial charge in [-0.1, -0.05) is 51.1 Å². The largest absolute Gasteiger partial charge is 0.588 e. The van der Waals surface area contributed by atoms with Crippen molar-refractivity contribution in [2.45, 2.75) is 62.3 Å². The van der Waals surface area contributed by atoms with Gasteiger partial charge in [-0.3, -0.25) is 4.52 Å². The quantitative estimate of drug-likeness (QED) is 0.318. The molecule has 0 aliphatic heterocycles. The van der Waals surface area contributed by atoms with Gasteiger partial charge in [0.1, 0.15) is 11.5 Å². The molecule has 0 aromatic heterocycles. The maximum Gasteiger partial charge on any atom is 0.588 e. The fourth-order valence-corrected chi connectivity index (χ4v) is 5.88. The van der Waals surface area contributed by atoms with Crippen LogP contribution in [0.2, 0.25) is 0 Å². The molecule has 0 aliphatic carbocycles. The molecule has 3 rings (SSSR count). The topological polar surface area (TPSA) is 78.9 Å². The number of phosphoric acid groups is 1. The average molecular weight is 503 g/mol. The first-order chi connectivity index (χ1) is 15.7. The van der Waals surface area contributed by atoms with Crippen molar-refractivity contribution in [3.8, 4) is 11.5 Å². The Kier molecular flexibility index (Phi) is 7.32. The van der Waals surface area contributed by atoms with Crippen molar-refractivity contribution in [1.29, 1.82) is 0 Å². The Morgan fingerprint density at radius 2 is 1.09 bits per heavy atom. The average Bonchev–Trinajstić information content (AvgIpc) is 2.72. The molecule has 3 aromatic rings. The zero-order chi connectivity index (χ0) is 25.2. The second kappa shape index (κ2) is 9.57. The molecule has 0 saturated heterocycles. The number of rotatable bonds is 7. The van der Waals surface area contributed by atoms with E-state index in [2.05, 4.69) is 20.8 Å². The van der Waals surface area contributed by atoms with E-state index in [1.807, 2.05) is 12.1 Å². The van der Waals surface area contributed by atoms with Crippen LogP contribution >= 0.6 is 7.82 Å². The third-order valence-corrected chi connectivity index (χ3v) is 8.15. The lowest BCUT2D eigenvalue weighted by atomic mass is 9.87. The van der Waals surface area contributed by atoms with E-state index in [-0.39, 0.29) is 21.0 Å². The van der Waals surface area contributed by atoms with Crippen molar-refractivity contribution >= 4 is 17.7 Å². The molecule has 1 atom stereocenters. The summed E-state index contributed by atoms with van der Waals surface area (Å²) in [4.78, 5) is 0.294. The number of para-hydroxylation sites is 1. The zero-order valence-corrected chi connectivity index (χ0v) is 22.0. The van der Waals surface area contributed by atoms with Crippen LogP contribution in [0.3, 0.4) is 0 Å². The van der Waals surface area contributed by atoms with Crippen LogP contribution in [0.25, 0.3) is 0 Å². The van der Waals surface area contributed by atoms with Gasteiger partial charge >= 0.3 is 7.82 Å². The van der Waals surface area contributed by atoms with Gasteiger partial charge in [0.05, 0.1) is 15.4 Å². The summed E-state index contributed by atoms with van der Waals surface area (Å²) in [6, 6.07) is 21.1. The third kappa shape index (κ3) is 6.72. The van der Waals surface area contributed by atoms with E-state index in [0.717, 1.165) is 5.56 Å². The fourth-order valence-electron chi connectivity index (χ4n) is 3.08. The highest BCUT2D eigenvalue weighted by Gasteiger charge is 2.36. The van der Waals surface area contributed by atoms with Crippen LogP contribution in [-0.4, -0.2) is 14.0 Å². The van der Waals surface area contributed by atoms with E-state index in [1.165, 1.54) is 24.3 Å². The van der Waals surface area contributed by atoms with Gasteiger partial charge in [0.15, 0.2) is 0 Å². The highest BCUT2D eigenvalue weighted by atomic mass is 32.2. The van der Waals surface area contributed by atoms with E-state index in [0.29, 0.717) is 5.75 Å². The lowest BCUT2D eigenvalue weighted by Crippen LogP contribution is -2.21. The lowest BCUT2D eigenvalue weighted by molar-refractivity contribution is 0.0882. The summed E-state index contributed by atoms with van der Waals surface area (Å²) in [6.07, 6.45) is 0. The van der Waals surface area contributed by atoms with Gasteiger partial charge in [0.25, 0.3) is 0 Å². The second-order valence-corrected chi connectivity index (χ2v) is 13.3. The van der Waals surface area contributed by atoms with Gasteiger partial charge in [0.2, 0.25) is 9.84 Å². The van der Waals surface area contributed by atoms with E-state index in [1.54, 1.807) is 63.2 Å². The zero-order valence-electron chi connectivity index (χ0n) is 20.3. The Balaban J connectivity index is 1.84. The van der Waals surface area contributed by atoms with Crippen molar-refractivity contribution in [1.82, 2.24) is 0 Å². The number of hydrogen-bond donors (Lipinski definition) is 0. The molecule has 182 valence electrons. The van der Waals surface area contributed by atoms with Gasteiger partial charge in [-0.25, -0.2) is 13.0 Å². The minimum Gasteiger partial charge on any atom is -0.395 e. The molecular formula is C26H31O6PS. The Morgan fingerprint density at radius 1 is 0.647 bits per heavy atom. The molecule has 0 spiro atoms. The highest BCUT2D eigenvalue weighted by molar-refractivity contribution is 7.91. The molecule has 0 aliphatic rings. The molecule has 0 bridgehead atoms. The first-order valence-electron chi connectivity index (χ1n) is 10.9. The van der Waals surface area contributed by atoms with Gasteiger partial charge in [0, 0.05) is 0 Å². The smallest absolute Gasteiger partial charge is 0.395 e. The van der Waals surface area contributed by atoms with Gasteiger partial charge < -0.3 is 9.05 Å². The molecule has 0 N–H and O–H groups in total. The molecule has 0 heterocycles. The van der Waals surface area contributed by atoms with Crippen molar-refractivity contribution in [2.75, 3.05) is 0 Å². The Hall–Kier alpha value is -2.60. The van der Waals surface area contributed by atoms with Crippen molar-refractivity contribution in [3.63, 3.8) is 0 Å². The van der Waals surface area contributed by atoms with E-state index in [9.17, 15) is 13.0 Å². The van der Waals surface area contributed by atoms with Crippen molar-refractivity contribution < 1.29 is 26.6 Å². The van der Waals surface area contributed by atoms with Crippen LogP contribution in [0.1, 0.15) is 47.1 Å². The van der Waals surface area contributed by atoms with Gasteiger partial charge in [-0.2, -0.15) is 0 Å². The van der Waals surface area contributed by atoms with Crippen LogP contribution in [-0.2, 0) is 24.3 Å². The minimum atomic E-state index is -4.07. The molecular weight excluding hydrogens is 471 g/mol. The number of benzene rings is 3. The molecule has 0 radical (unpaired) electrons. The summed E-state index contributed by atoms with van der Waals surface area (Å²) in [5.41, 5.74) is 0.155. The molecule has 1 unspecified atom stereocenters. The summed E-state index contributed by atoms with van der Waals surface area (Å²) in [5, 5.41) is 0. The molecule has 3 aromatic carbocycles. The maximum absolute atomic E-state index is 13.4. The monoisotopic (exact) mass is 502 g/mol. The van der Waals surface area contributed by atoms with Crippen molar-refractivity contribution in [3.05, 3.63) is 84.4 Å². The fraction of sp³-hybridized carbons (Fsp3) is 0.308. The Labute approximate surface area is 202 Å². The second-order valence-electron chi connectivity index (χ2n) is 9.90. The predicted molar refractivity (Wildman–Crippen MR) is 133 cm³/mol. The van der Waals surface area contributed by atoms with Crippen LogP contribution in [0.5, 0.6) is 11.5 Å². The van der Waals surface area contributed by atoms with Crippen LogP contribution in [0.4, 0.5) is 0 Å². The summed E-state index contributed by atoms with van der Waals surface area (Å²) in [7, 11) is -7.80. The SMILES string of the molecule is CC(C)(C)OP(=O)(Oc1ccccc1)Oc1ccc(S(=O)(=O)c2ccc(C(C)(C)C)cc2)cc1. The first kappa shape index (κ1) is 26.0. The van der Waals surface area contributed by atoms with Crippen LogP contribution in [0.15, 0.2) is 88.7 Å². The van der Waals surface area contributed by atoms with Gasteiger partial charge in [-0.15, -0.1) is 0 Å². The number of phosphoric ester groups is 1. The maximum atomic E-state index is 13.4. The summed E-state index contributed by atoms with van der Waals surface area (Å²) >= 11 is 0. The van der Waals surface area contributed by atoms with Crippen LogP contribution in [0, 0.1) is 0 Å². The van der Waals surface area contributed by atoms with E-state index in [4.69, 9.17) is 13.6 Å². The molecule has 6 nitrogen and oxygen atoms in total. The Morgan fingerprint density at radius 3 is 1.53 bits per heavy atom.